The number of hydrogen-bond acceptors (Lipinski definition) is 5. The quantitative estimate of drug-likeness (QED) is 0.348. The Morgan fingerprint density at radius 2 is 1.84 bits per heavy atom. The molecule has 8 heteroatoms. The van der Waals surface area contributed by atoms with Gasteiger partial charge >= 0.3 is 0 Å². The van der Waals surface area contributed by atoms with Crippen molar-refractivity contribution in [2.75, 3.05) is 10.6 Å². The van der Waals surface area contributed by atoms with Gasteiger partial charge in [0.1, 0.15) is 5.01 Å². The van der Waals surface area contributed by atoms with E-state index in [9.17, 15) is 9.59 Å². The van der Waals surface area contributed by atoms with Gasteiger partial charge in [0.25, 0.3) is 0 Å². The normalized spacial score (nSPS) is 10.6. The van der Waals surface area contributed by atoms with Gasteiger partial charge in [-0.25, -0.2) is 4.98 Å². The molecule has 31 heavy (non-hydrogen) atoms. The van der Waals surface area contributed by atoms with Gasteiger partial charge in [0.05, 0.1) is 27.7 Å². The summed E-state index contributed by atoms with van der Waals surface area (Å²) in [5.41, 5.74) is 2.86. The number of aromatic nitrogens is 1. The molecule has 0 aliphatic rings. The van der Waals surface area contributed by atoms with Crippen LogP contribution in [0.2, 0.25) is 5.02 Å². The Balaban J connectivity index is 1.59. The Hall–Kier alpha value is -3.00. The van der Waals surface area contributed by atoms with Crippen molar-refractivity contribution in [2.24, 2.45) is 0 Å². The molecule has 4 aromatic rings. The first-order chi connectivity index (χ1) is 15.0. The van der Waals surface area contributed by atoms with Crippen molar-refractivity contribution in [3.63, 3.8) is 0 Å². The summed E-state index contributed by atoms with van der Waals surface area (Å²) in [5.74, 6) is -0.402. The predicted octanol–water partition coefficient (Wildman–Crippen LogP) is 6.33. The Morgan fingerprint density at radius 1 is 1.03 bits per heavy atom. The van der Waals surface area contributed by atoms with E-state index in [0.29, 0.717) is 16.4 Å². The van der Waals surface area contributed by atoms with Gasteiger partial charge in [-0.2, -0.15) is 0 Å². The highest BCUT2D eigenvalue weighted by atomic mass is 35.5. The summed E-state index contributed by atoms with van der Waals surface area (Å²) in [5, 5.41) is 8.81. The molecule has 0 bridgehead atoms. The van der Waals surface area contributed by atoms with E-state index in [0.717, 1.165) is 26.0 Å². The fraction of sp³-hybridized carbons (Fsp3) is 0.0870. The zero-order valence-corrected chi connectivity index (χ0v) is 18.9. The number of amides is 2. The second-order valence-electron chi connectivity index (χ2n) is 6.73. The average molecular weight is 468 g/mol. The minimum atomic E-state index is -0.206. The van der Waals surface area contributed by atoms with Crippen molar-refractivity contribution < 1.29 is 9.59 Å². The number of hydrogen-bond donors (Lipinski definition) is 2. The number of anilines is 2. The lowest BCUT2D eigenvalue weighted by Gasteiger charge is -2.10. The number of rotatable bonds is 6. The Bertz CT molecular complexity index is 1220. The van der Waals surface area contributed by atoms with Crippen molar-refractivity contribution in [3.8, 4) is 21.1 Å². The van der Waals surface area contributed by atoms with Crippen LogP contribution in [0.3, 0.4) is 0 Å². The van der Waals surface area contributed by atoms with Gasteiger partial charge in [0, 0.05) is 23.1 Å². The number of thiazole rings is 1. The van der Waals surface area contributed by atoms with Crippen molar-refractivity contribution in [3.05, 3.63) is 75.9 Å². The third kappa shape index (κ3) is 5.19. The van der Waals surface area contributed by atoms with Crippen LogP contribution in [0, 0.1) is 0 Å². The smallest absolute Gasteiger partial charge is 0.229 e. The first-order valence-electron chi connectivity index (χ1n) is 9.45. The van der Waals surface area contributed by atoms with E-state index >= 15 is 0 Å². The molecule has 0 aliphatic heterocycles. The summed E-state index contributed by atoms with van der Waals surface area (Å²) in [6.45, 7) is 1.42. The van der Waals surface area contributed by atoms with Crippen LogP contribution >= 0.6 is 34.3 Å². The lowest BCUT2D eigenvalue weighted by Crippen LogP contribution is -2.15. The molecule has 5 nitrogen and oxygen atoms in total. The number of carbonyl (C=O) groups is 2. The molecule has 0 fully saturated rings. The van der Waals surface area contributed by atoms with Gasteiger partial charge in [0.2, 0.25) is 11.8 Å². The van der Waals surface area contributed by atoms with E-state index in [2.05, 4.69) is 10.6 Å². The summed E-state index contributed by atoms with van der Waals surface area (Å²) in [6.07, 6.45) is 0.165. The number of nitrogens with zero attached hydrogens (tertiary/aromatic N) is 1. The Kier molecular flexibility index (Phi) is 6.46. The molecular weight excluding hydrogens is 450 g/mol. The zero-order valence-electron chi connectivity index (χ0n) is 16.5. The molecule has 2 heterocycles. The van der Waals surface area contributed by atoms with Crippen LogP contribution in [0.25, 0.3) is 21.1 Å². The molecule has 0 atom stereocenters. The molecule has 2 aromatic heterocycles. The zero-order chi connectivity index (χ0) is 21.8. The number of halogens is 1. The van der Waals surface area contributed by atoms with E-state index in [1.54, 1.807) is 29.5 Å². The van der Waals surface area contributed by atoms with Gasteiger partial charge in [0.15, 0.2) is 0 Å². The van der Waals surface area contributed by atoms with Crippen LogP contribution in [0.15, 0.2) is 66.0 Å². The third-order valence-corrected chi connectivity index (χ3v) is 6.67. The van der Waals surface area contributed by atoms with Gasteiger partial charge in [-0.1, -0.05) is 48.0 Å². The number of carbonyl (C=O) groups excluding carboxylic acids is 2. The second kappa shape index (κ2) is 9.43. The standard InChI is InChI=1S/C23H18ClN3O2S2/c1-14(28)25-16-9-10-17(24)18(12-16)26-21(29)13-20-22(19-8-5-11-30-19)27-23(31-20)15-6-3-2-4-7-15/h2-12H,13H2,1H3,(H,25,28)(H,26,29). The van der Waals surface area contributed by atoms with E-state index in [4.69, 9.17) is 16.6 Å². The predicted molar refractivity (Wildman–Crippen MR) is 129 cm³/mol. The number of nitrogens with one attached hydrogen (secondary N) is 2. The van der Waals surface area contributed by atoms with Crippen LogP contribution in [0.4, 0.5) is 11.4 Å². The first-order valence-corrected chi connectivity index (χ1v) is 11.5. The maximum absolute atomic E-state index is 12.9. The fourth-order valence-corrected chi connectivity index (χ4v) is 5.07. The molecular formula is C23H18ClN3O2S2. The summed E-state index contributed by atoms with van der Waals surface area (Å²) in [4.78, 5) is 30.9. The van der Waals surface area contributed by atoms with Gasteiger partial charge in [-0.3, -0.25) is 9.59 Å². The van der Waals surface area contributed by atoms with Crippen LogP contribution in [0.5, 0.6) is 0 Å². The molecule has 0 aliphatic carbocycles. The van der Waals surface area contributed by atoms with Crippen molar-refractivity contribution in [1.82, 2.24) is 4.98 Å². The number of thiophene rings is 1. The van der Waals surface area contributed by atoms with Crippen LogP contribution < -0.4 is 10.6 Å². The minimum Gasteiger partial charge on any atom is -0.326 e. The molecule has 0 spiro atoms. The molecule has 4 rings (SSSR count). The van der Waals surface area contributed by atoms with E-state index < -0.39 is 0 Å². The SMILES string of the molecule is CC(=O)Nc1ccc(Cl)c(NC(=O)Cc2sc(-c3ccccc3)nc2-c2cccs2)c1. The Morgan fingerprint density at radius 3 is 2.55 bits per heavy atom. The molecule has 2 amide bonds. The molecule has 0 saturated carbocycles. The van der Waals surface area contributed by atoms with Crippen molar-refractivity contribution >= 4 is 57.5 Å². The molecule has 2 aromatic carbocycles. The highest BCUT2D eigenvalue weighted by molar-refractivity contribution is 7.17. The lowest BCUT2D eigenvalue weighted by atomic mass is 10.2. The summed E-state index contributed by atoms with van der Waals surface area (Å²) < 4.78 is 0. The van der Waals surface area contributed by atoms with Gasteiger partial charge in [-0.05, 0) is 29.6 Å². The molecule has 156 valence electrons. The topological polar surface area (TPSA) is 71.1 Å². The van der Waals surface area contributed by atoms with E-state index in [-0.39, 0.29) is 18.2 Å². The number of benzene rings is 2. The highest BCUT2D eigenvalue weighted by Gasteiger charge is 2.18. The monoisotopic (exact) mass is 467 g/mol. The third-order valence-electron chi connectivity index (χ3n) is 4.35. The van der Waals surface area contributed by atoms with Crippen molar-refractivity contribution in [2.45, 2.75) is 13.3 Å². The summed E-state index contributed by atoms with van der Waals surface area (Å²) in [7, 11) is 0. The molecule has 0 saturated heterocycles. The van der Waals surface area contributed by atoms with Gasteiger partial charge in [-0.15, -0.1) is 22.7 Å². The molecule has 0 radical (unpaired) electrons. The lowest BCUT2D eigenvalue weighted by molar-refractivity contribution is -0.115. The average Bonchev–Trinajstić information content (AvgIpc) is 3.40. The summed E-state index contributed by atoms with van der Waals surface area (Å²) >= 11 is 9.34. The minimum absolute atomic E-state index is 0.165. The Labute approximate surface area is 192 Å². The highest BCUT2D eigenvalue weighted by Crippen LogP contribution is 2.36. The second-order valence-corrected chi connectivity index (χ2v) is 9.17. The van der Waals surface area contributed by atoms with E-state index in [1.165, 1.54) is 18.3 Å². The fourth-order valence-electron chi connectivity index (χ4n) is 3.02. The van der Waals surface area contributed by atoms with E-state index in [1.807, 2.05) is 47.8 Å². The molecule has 0 unspecified atom stereocenters. The van der Waals surface area contributed by atoms with Gasteiger partial charge < -0.3 is 10.6 Å². The summed E-state index contributed by atoms with van der Waals surface area (Å²) in [6, 6.07) is 18.9. The van der Waals surface area contributed by atoms with Crippen molar-refractivity contribution in [1.29, 1.82) is 0 Å². The molecule has 2 N–H and O–H groups in total. The van der Waals surface area contributed by atoms with Crippen LogP contribution in [-0.2, 0) is 16.0 Å². The largest absolute Gasteiger partial charge is 0.326 e. The maximum atomic E-state index is 12.9. The maximum Gasteiger partial charge on any atom is 0.229 e. The van der Waals surface area contributed by atoms with Crippen LogP contribution in [0.1, 0.15) is 11.8 Å². The first kappa shape index (κ1) is 21.2. The van der Waals surface area contributed by atoms with Crippen LogP contribution in [-0.4, -0.2) is 16.8 Å².